The summed E-state index contributed by atoms with van der Waals surface area (Å²) in [5.74, 6) is 0. The zero-order chi connectivity index (χ0) is 14.8. The fourth-order valence-electron chi connectivity index (χ4n) is 2.54. The van der Waals surface area contributed by atoms with E-state index in [9.17, 15) is 0 Å². The van der Waals surface area contributed by atoms with E-state index >= 15 is 0 Å². The predicted molar refractivity (Wildman–Crippen MR) is 86.6 cm³/mol. The van der Waals surface area contributed by atoms with Crippen LogP contribution in [0.3, 0.4) is 0 Å². The Balaban J connectivity index is 1.73. The Hall–Kier alpha value is -1.84. The van der Waals surface area contributed by atoms with Gasteiger partial charge in [-0.2, -0.15) is 0 Å². The van der Waals surface area contributed by atoms with Gasteiger partial charge in [-0.25, -0.2) is 4.98 Å². The van der Waals surface area contributed by atoms with Gasteiger partial charge in [-0.05, 0) is 37.1 Å². The van der Waals surface area contributed by atoms with Crippen LogP contribution in [0.4, 0.5) is 0 Å². The van der Waals surface area contributed by atoms with Gasteiger partial charge in [0, 0.05) is 25.0 Å². The highest BCUT2D eigenvalue weighted by Crippen LogP contribution is 2.17. The summed E-state index contributed by atoms with van der Waals surface area (Å²) >= 11 is 5.99. The largest absolute Gasteiger partial charge is 0.305 e. The summed E-state index contributed by atoms with van der Waals surface area (Å²) in [5.41, 5.74) is 4.56. The van der Waals surface area contributed by atoms with Crippen molar-refractivity contribution >= 4 is 17.2 Å². The lowest BCUT2D eigenvalue weighted by molar-refractivity contribution is 0.567. The molecule has 3 nitrogen and oxygen atoms in total. The molecule has 21 heavy (non-hydrogen) atoms. The number of fused-ring (bicyclic) bond motifs is 1. The van der Waals surface area contributed by atoms with E-state index in [4.69, 9.17) is 11.6 Å². The Morgan fingerprint density at radius 1 is 1.19 bits per heavy atom. The van der Waals surface area contributed by atoms with E-state index in [1.807, 2.05) is 28.9 Å². The molecular formula is C17H18ClN3. The zero-order valence-corrected chi connectivity index (χ0v) is 12.9. The van der Waals surface area contributed by atoms with Gasteiger partial charge in [0.2, 0.25) is 0 Å². The zero-order valence-electron chi connectivity index (χ0n) is 12.2. The number of nitrogens with one attached hydrogen (secondary N) is 1. The predicted octanol–water partition coefficient (Wildman–Crippen LogP) is 4.15. The second-order valence-electron chi connectivity index (χ2n) is 5.30. The van der Waals surface area contributed by atoms with Crippen molar-refractivity contribution in [3.63, 3.8) is 0 Å². The third-order valence-corrected chi connectivity index (χ3v) is 3.93. The van der Waals surface area contributed by atoms with Crippen molar-refractivity contribution in [1.82, 2.24) is 14.7 Å². The van der Waals surface area contributed by atoms with Crippen LogP contribution in [0.25, 0.3) is 5.65 Å². The summed E-state index contributed by atoms with van der Waals surface area (Å²) in [4.78, 5) is 4.58. The first kappa shape index (κ1) is 14.1. The first-order valence-electron chi connectivity index (χ1n) is 7.05. The minimum Gasteiger partial charge on any atom is -0.305 e. The molecule has 4 heteroatoms. The van der Waals surface area contributed by atoms with Crippen LogP contribution >= 0.6 is 11.6 Å². The monoisotopic (exact) mass is 299 g/mol. The second kappa shape index (κ2) is 5.88. The van der Waals surface area contributed by atoms with Crippen molar-refractivity contribution in [2.45, 2.75) is 26.4 Å². The first-order chi connectivity index (χ1) is 10.1. The molecule has 1 aromatic carbocycles. The molecule has 2 heterocycles. The van der Waals surface area contributed by atoms with E-state index in [1.54, 1.807) is 0 Å². The first-order valence-corrected chi connectivity index (χ1v) is 7.43. The summed E-state index contributed by atoms with van der Waals surface area (Å²) in [6.45, 7) is 5.05. The van der Waals surface area contributed by atoms with Crippen molar-refractivity contribution in [2.75, 3.05) is 0 Å². The van der Waals surface area contributed by atoms with E-state index in [2.05, 4.69) is 48.4 Å². The molecule has 0 aliphatic carbocycles. The van der Waals surface area contributed by atoms with E-state index < -0.39 is 0 Å². The highest BCUT2D eigenvalue weighted by atomic mass is 35.5. The van der Waals surface area contributed by atoms with Gasteiger partial charge in [0.05, 0.1) is 10.7 Å². The number of rotatable bonds is 4. The molecule has 0 bridgehead atoms. The maximum Gasteiger partial charge on any atom is 0.137 e. The molecular weight excluding hydrogens is 282 g/mol. The van der Waals surface area contributed by atoms with Crippen LogP contribution in [0.2, 0.25) is 5.02 Å². The standard InChI is InChI=1S/C17H18ClN3/c1-12-5-3-4-6-16(12)13(2)19-9-15-11-21-10-14(18)7-8-17(21)20-15/h3-8,10-11,13,19H,9H2,1-2H3. The molecule has 0 aliphatic heterocycles. The Morgan fingerprint density at radius 3 is 2.81 bits per heavy atom. The molecule has 0 fully saturated rings. The second-order valence-corrected chi connectivity index (χ2v) is 5.74. The molecule has 108 valence electrons. The number of imidazole rings is 1. The van der Waals surface area contributed by atoms with Gasteiger partial charge in [0.1, 0.15) is 5.65 Å². The Morgan fingerprint density at radius 2 is 2.00 bits per heavy atom. The normalized spacial score (nSPS) is 12.7. The van der Waals surface area contributed by atoms with Crippen molar-refractivity contribution in [2.24, 2.45) is 0 Å². The summed E-state index contributed by atoms with van der Waals surface area (Å²) in [6.07, 6.45) is 3.89. The van der Waals surface area contributed by atoms with Gasteiger partial charge in [-0.3, -0.25) is 0 Å². The molecule has 3 aromatic rings. The summed E-state index contributed by atoms with van der Waals surface area (Å²) in [6, 6.07) is 12.5. The van der Waals surface area contributed by atoms with Crippen LogP contribution in [0.15, 0.2) is 48.8 Å². The average molecular weight is 300 g/mol. The van der Waals surface area contributed by atoms with Gasteiger partial charge in [-0.1, -0.05) is 35.9 Å². The van der Waals surface area contributed by atoms with Gasteiger partial charge in [0.25, 0.3) is 0 Å². The highest BCUT2D eigenvalue weighted by molar-refractivity contribution is 6.30. The van der Waals surface area contributed by atoms with E-state index in [-0.39, 0.29) is 0 Å². The lowest BCUT2D eigenvalue weighted by Crippen LogP contribution is -2.19. The molecule has 0 spiro atoms. The van der Waals surface area contributed by atoms with Crippen LogP contribution in [0.5, 0.6) is 0 Å². The third-order valence-electron chi connectivity index (χ3n) is 3.71. The average Bonchev–Trinajstić information content (AvgIpc) is 2.87. The number of aryl methyl sites for hydroxylation is 1. The van der Waals surface area contributed by atoms with Gasteiger partial charge >= 0.3 is 0 Å². The minimum atomic E-state index is 0.291. The SMILES string of the molecule is Cc1ccccc1C(C)NCc1cn2cc(Cl)ccc2n1. The molecule has 0 saturated heterocycles. The van der Waals surface area contributed by atoms with Crippen LogP contribution in [-0.2, 0) is 6.54 Å². The maximum atomic E-state index is 5.99. The number of aromatic nitrogens is 2. The quantitative estimate of drug-likeness (QED) is 0.784. The van der Waals surface area contributed by atoms with Crippen LogP contribution < -0.4 is 5.32 Å². The van der Waals surface area contributed by atoms with Crippen molar-refractivity contribution < 1.29 is 0 Å². The number of pyridine rings is 1. The lowest BCUT2D eigenvalue weighted by atomic mass is 10.0. The molecule has 3 rings (SSSR count). The van der Waals surface area contributed by atoms with Crippen LogP contribution in [0.1, 0.15) is 29.8 Å². The third kappa shape index (κ3) is 3.09. The molecule has 1 unspecified atom stereocenters. The van der Waals surface area contributed by atoms with Crippen molar-refractivity contribution in [3.05, 3.63) is 70.6 Å². The van der Waals surface area contributed by atoms with Crippen LogP contribution in [0, 0.1) is 6.92 Å². The van der Waals surface area contributed by atoms with Crippen molar-refractivity contribution in [3.8, 4) is 0 Å². The smallest absolute Gasteiger partial charge is 0.137 e. The summed E-state index contributed by atoms with van der Waals surface area (Å²) in [7, 11) is 0. The summed E-state index contributed by atoms with van der Waals surface area (Å²) in [5, 5.41) is 4.24. The highest BCUT2D eigenvalue weighted by Gasteiger charge is 2.08. The fourth-order valence-corrected chi connectivity index (χ4v) is 2.71. The van der Waals surface area contributed by atoms with Crippen LogP contribution in [-0.4, -0.2) is 9.38 Å². The molecule has 0 amide bonds. The van der Waals surface area contributed by atoms with Gasteiger partial charge in [0.15, 0.2) is 0 Å². The number of hydrogen-bond donors (Lipinski definition) is 1. The number of halogens is 1. The van der Waals surface area contributed by atoms with Gasteiger partial charge in [-0.15, -0.1) is 0 Å². The molecule has 0 aliphatic rings. The Labute approximate surface area is 129 Å². The fraction of sp³-hybridized carbons (Fsp3) is 0.235. The van der Waals surface area contributed by atoms with E-state index in [0.29, 0.717) is 11.1 Å². The topological polar surface area (TPSA) is 29.3 Å². The number of nitrogens with zero attached hydrogens (tertiary/aromatic N) is 2. The lowest BCUT2D eigenvalue weighted by Gasteiger charge is -2.15. The Kier molecular flexibility index (Phi) is 3.95. The maximum absolute atomic E-state index is 5.99. The molecule has 0 saturated carbocycles. The van der Waals surface area contributed by atoms with Crippen molar-refractivity contribution in [1.29, 1.82) is 0 Å². The number of benzene rings is 1. The molecule has 2 aromatic heterocycles. The Bertz CT molecular complexity index is 764. The summed E-state index contributed by atoms with van der Waals surface area (Å²) < 4.78 is 1.96. The number of hydrogen-bond acceptors (Lipinski definition) is 2. The van der Waals surface area contributed by atoms with E-state index in [0.717, 1.165) is 17.9 Å². The van der Waals surface area contributed by atoms with Gasteiger partial charge < -0.3 is 9.72 Å². The molecule has 1 N–H and O–H groups in total. The minimum absolute atomic E-state index is 0.291. The molecule has 1 atom stereocenters. The molecule has 0 radical (unpaired) electrons. The van der Waals surface area contributed by atoms with E-state index in [1.165, 1.54) is 11.1 Å².